The maximum absolute atomic E-state index is 5.56. The molecule has 4 aromatic rings. The van der Waals surface area contributed by atoms with Crippen molar-refractivity contribution < 1.29 is 0 Å². The van der Waals surface area contributed by atoms with Crippen LogP contribution < -0.4 is 21.3 Å². The molecule has 0 saturated heterocycles. The van der Waals surface area contributed by atoms with Gasteiger partial charge in [0, 0.05) is 35.0 Å². The number of hydrogen-bond donors (Lipinski definition) is 4. The summed E-state index contributed by atoms with van der Waals surface area (Å²) in [6.45, 7) is 4.44. The molecule has 0 radical (unpaired) electrons. The average molecular weight is 496 g/mol. The summed E-state index contributed by atoms with van der Waals surface area (Å²) in [7, 11) is 0. The number of aryl methyl sites for hydroxylation is 2. The van der Waals surface area contributed by atoms with Crippen LogP contribution in [0, 0.1) is 13.8 Å². The van der Waals surface area contributed by atoms with Crippen molar-refractivity contribution in [1.29, 1.82) is 0 Å². The smallest absolute Gasteiger partial charge is 0.229 e. The van der Waals surface area contributed by atoms with E-state index in [9.17, 15) is 0 Å². The summed E-state index contributed by atoms with van der Waals surface area (Å²) in [6, 6.07) is 30.1. The highest BCUT2D eigenvalue weighted by molar-refractivity contribution is 7.80. The minimum absolute atomic E-state index is 0.411. The number of aromatic nitrogens is 2. The van der Waals surface area contributed by atoms with Gasteiger partial charge in [-0.25, -0.2) is 9.97 Å². The Hall–Kier alpha value is -4.30. The fraction of sp³-hybridized carbons (Fsp3) is 0.143. The molecular formula is C28H29N7S. The van der Waals surface area contributed by atoms with Crippen LogP contribution in [0.5, 0.6) is 0 Å². The SMILES string of the molecule is Cc1cc(C)nc(NC(=NCCc2ccccc2)NC(=S)Nc2ccc(Nc3ccccc3)cc2)n1. The van der Waals surface area contributed by atoms with E-state index in [1.54, 1.807) is 0 Å². The summed E-state index contributed by atoms with van der Waals surface area (Å²) in [5, 5.41) is 13.3. The maximum atomic E-state index is 5.56. The summed E-state index contributed by atoms with van der Waals surface area (Å²) >= 11 is 5.56. The number of para-hydroxylation sites is 1. The predicted molar refractivity (Wildman–Crippen MR) is 153 cm³/mol. The van der Waals surface area contributed by atoms with Crippen molar-refractivity contribution in [2.75, 3.05) is 22.5 Å². The molecular weight excluding hydrogens is 466 g/mol. The molecule has 0 aliphatic rings. The van der Waals surface area contributed by atoms with Crippen molar-refractivity contribution in [3.05, 3.63) is 108 Å². The van der Waals surface area contributed by atoms with Gasteiger partial charge in [-0.2, -0.15) is 0 Å². The molecule has 1 heterocycles. The molecule has 0 atom stereocenters. The molecule has 36 heavy (non-hydrogen) atoms. The van der Waals surface area contributed by atoms with Crippen molar-refractivity contribution in [2.24, 2.45) is 4.99 Å². The molecule has 0 aliphatic carbocycles. The monoisotopic (exact) mass is 495 g/mol. The van der Waals surface area contributed by atoms with Crippen LogP contribution in [0.25, 0.3) is 0 Å². The lowest BCUT2D eigenvalue weighted by molar-refractivity contribution is 0.956. The topological polar surface area (TPSA) is 86.3 Å². The molecule has 0 amide bonds. The third-order valence-corrected chi connectivity index (χ3v) is 5.37. The van der Waals surface area contributed by atoms with Gasteiger partial charge in [0.15, 0.2) is 5.11 Å². The van der Waals surface area contributed by atoms with Gasteiger partial charge < -0.3 is 16.0 Å². The molecule has 0 unspecified atom stereocenters. The van der Waals surface area contributed by atoms with E-state index in [0.717, 1.165) is 34.9 Å². The van der Waals surface area contributed by atoms with Crippen LogP contribution in [0.2, 0.25) is 0 Å². The number of nitrogens with one attached hydrogen (secondary N) is 4. The fourth-order valence-corrected chi connectivity index (χ4v) is 3.75. The Kier molecular flexibility index (Phi) is 8.56. The zero-order valence-electron chi connectivity index (χ0n) is 20.3. The summed E-state index contributed by atoms with van der Waals surface area (Å²) in [5.41, 5.74) is 5.84. The normalized spacial score (nSPS) is 11.0. The van der Waals surface area contributed by atoms with Crippen molar-refractivity contribution in [2.45, 2.75) is 20.3 Å². The van der Waals surface area contributed by atoms with E-state index in [4.69, 9.17) is 17.2 Å². The molecule has 1 aromatic heterocycles. The van der Waals surface area contributed by atoms with Gasteiger partial charge in [-0.3, -0.25) is 10.3 Å². The lowest BCUT2D eigenvalue weighted by Gasteiger charge is -2.15. The van der Waals surface area contributed by atoms with Crippen LogP contribution >= 0.6 is 12.2 Å². The van der Waals surface area contributed by atoms with Crippen molar-refractivity contribution in [3.63, 3.8) is 0 Å². The number of benzene rings is 3. The van der Waals surface area contributed by atoms with E-state index in [2.05, 4.69) is 43.4 Å². The first-order valence-corrected chi connectivity index (χ1v) is 12.1. The van der Waals surface area contributed by atoms with E-state index in [0.29, 0.717) is 23.6 Å². The lowest BCUT2D eigenvalue weighted by atomic mass is 10.2. The van der Waals surface area contributed by atoms with Gasteiger partial charge in [-0.05, 0) is 80.5 Å². The first kappa shape index (κ1) is 24.8. The Morgan fingerprint density at radius 3 is 2.00 bits per heavy atom. The second-order valence-corrected chi connectivity index (χ2v) is 8.62. The van der Waals surface area contributed by atoms with Gasteiger partial charge in [-0.1, -0.05) is 48.5 Å². The Morgan fingerprint density at radius 2 is 1.33 bits per heavy atom. The number of rotatable bonds is 7. The third-order valence-electron chi connectivity index (χ3n) is 5.16. The minimum Gasteiger partial charge on any atom is -0.356 e. The van der Waals surface area contributed by atoms with Crippen LogP contribution in [0.15, 0.2) is 96.0 Å². The molecule has 3 aromatic carbocycles. The number of guanidine groups is 1. The first-order chi connectivity index (χ1) is 17.5. The van der Waals surface area contributed by atoms with E-state index < -0.39 is 0 Å². The van der Waals surface area contributed by atoms with Crippen LogP contribution in [0.3, 0.4) is 0 Å². The zero-order valence-corrected chi connectivity index (χ0v) is 21.1. The maximum Gasteiger partial charge on any atom is 0.229 e. The van der Waals surface area contributed by atoms with E-state index in [1.165, 1.54) is 5.56 Å². The first-order valence-electron chi connectivity index (χ1n) is 11.7. The second kappa shape index (κ2) is 12.4. The Morgan fingerprint density at radius 1 is 0.750 bits per heavy atom. The Bertz CT molecular complexity index is 1290. The van der Waals surface area contributed by atoms with Crippen LogP contribution in [-0.4, -0.2) is 27.6 Å². The molecule has 0 fully saturated rings. The van der Waals surface area contributed by atoms with E-state index >= 15 is 0 Å². The molecule has 4 rings (SSSR count). The van der Waals surface area contributed by atoms with Gasteiger partial charge in [0.2, 0.25) is 11.9 Å². The molecule has 0 spiro atoms. The summed E-state index contributed by atoms with van der Waals surface area (Å²) in [6.07, 6.45) is 0.803. The van der Waals surface area contributed by atoms with Crippen LogP contribution in [0.1, 0.15) is 17.0 Å². The number of aliphatic imine (C=N–C) groups is 1. The van der Waals surface area contributed by atoms with Gasteiger partial charge in [0.1, 0.15) is 0 Å². The van der Waals surface area contributed by atoms with Crippen molar-refractivity contribution in [3.8, 4) is 0 Å². The molecule has 4 N–H and O–H groups in total. The van der Waals surface area contributed by atoms with E-state index in [1.807, 2.05) is 92.7 Å². The highest BCUT2D eigenvalue weighted by Crippen LogP contribution is 2.18. The minimum atomic E-state index is 0.411. The molecule has 0 aliphatic heterocycles. The quantitative estimate of drug-likeness (QED) is 0.146. The Labute approximate surface area is 217 Å². The second-order valence-electron chi connectivity index (χ2n) is 8.21. The average Bonchev–Trinajstić information content (AvgIpc) is 2.86. The standard InChI is InChI=1S/C28H29N7S/c1-20-19-21(2)31-27(30-20)34-26(29-18-17-22-9-5-3-6-10-22)35-28(36)33-25-15-13-24(14-16-25)32-23-11-7-4-8-12-23/h3-16,19,32H,17-18H2,1-2H3,(H3,29,30,31,33,34,35,36). The van der Waals surface area contributed by atoms with E-state index in [-0.39, 0.29) is 0 Å². The van der Waals surface area contributed by atoms with Crippen LogP contribution in [0.4, 0.5) is 23.0 Å². The van der Waals surface area contributed by atoms with Crippen LogP contribution in [-0.2, 0) is 6.42 Å². The predicted octanol–water partition coefficient (Wildman–Crippen LogP) is 5.83. The van der Waals surface area contributed by atoms with Gasteiger partial charge in [0.05, 0.1) is 0 Å². The number of anilines is 4. The van der Waals surface area contributed by atoms with Crippen molar-refractivity contribution in [1.82, 2.24) is 15.3 Å². The Balaban J connectivity index is 1.40. The number of thiocarbonyl (C=S) groups is 1. The van der Waals surface area contributed by atoms with Gasteiger partial charge >= 0.3 is 0 Å². The lowest BCUT2D eigenvalue weighted by Crippen LogP contribution is -2.39. The van der Waals surface area contributed by atoms with Gasteiger partial charge in [-0.15, -0.1) is 0 Å². The molecule has 182 valence electrons. The summed E-state index contributed by atoms with van der Waals surface area (Å²) < 4.78 is 0. The molecule has 8 heteroatoms. The highest BCUT2D eigenvalue weighted by Gasteiger charge is 2.08. The number of nitrogens with zero attached hydrogens (tertiary/aromatic N) is 3. The molecule has 0 saturated carbocycles. The highest BCUT2D eigenvalue weighted by atomic mass is 32.1. The third kappa shape index (κ3) is 7.89. The summed E-state index contributed by atoms with van der Waals surface area (Å²) in [5.74, 6) is 0.952. The zero-order chi connectivity index (χ0) is 25.2. The largest absolute Gasteiger partial charge is 0.356 e. The number of hydrogen-bond acceptors (Lipinski definition) is 5. The molecule has 7 nitrogen and oxygen atoms in total. The summed E-state index contributed by atoms with van der Waals surface area (Å²) in [4.78, 5) is 13.6. The molecule has 0 bridgehead atoms. The van der Waals surface area contributed by atoms with Crippen molar-refractivity contribution >= 4 is 46.3 Å². The van der Waals surface area contributed by atoms with Gasteiger partial charge in [0.25, 0.3) is 0 Å². The fourth-order valence-electron chi connectivity index (χ4n) is 3.53.